The van der Waals surface area contributed by atoms with Crippen LogP contribution in [-0.4, -0.2) is 29.1 Å². The molecule has 0 N–H and O–H groups in total. The Hall–Kier alpha value is -0.660. The van der Waals surface area contributed by atoms with E-state index in [0.29, 0.717) is 6.17 Å². The van der Waals surface area contributed by atoms with Crippen molar-refractivity contribution >= 4 is 0 Å². The van der Waals surface area contributed by atoms with Gasteiger partial charge in [0.1, 0.15) is 0 Å². The summed E-state index contributed by atoms with van der Waals surface area (Å²) < 4.78 is 0. The summed E-state index contributed by atoms with van der Waals surface area (Å²) in [6.45, 7) is 9.20. The molecule has 0 fully saturated rings. The molecule has 2 nitrogen and oxygen atoms in total. The van der Waals surface area contributed by atoms with Gasteiger partial charge in [-0.3, -0.25) is 0 Å². The van der Waals surface area contributed by atoms with Crippen molar-refractivity contribution in [2.24, 2.45) is 0 Å². The van der Waals surface area contributed by atoms with Crippen LogP contribution in [0.25, 0.3) is 0 Å². The van der Waals surface area contributed by atoms with Crippen molar-refractivity contribution in [3.63, 3.8) is 0 Å². The van der Waals surface area contributed by atoms with Gasteiger partial charge in [-0.15, -0.1) is 0 Å². The van der Waals surface area contributed by atoms with E-state index in [1.165, 1.54) is 109 Å². The van der Waals surface area contributed by atoms with Gasteiger partial charge in [0.25, 0.3) is 0 Å². The lowest BCUT2D eigenvalue weighted by atomic mass is 10.0. The minimum Gasteiger partial charge on any atom is -0.357 e. The number of rotatable bonds is 18. The maximum absolute atomic E-state index is 2.49. The average molecular weight is 365 g/mol. The lowest BCUT2D eigenvalue weighted by Crippen LogP contribution is -2.36. The lowest BCUT2D eigenvalue weighted by Gasteiger charge is -2.28. The normalized spacial score (nSPS) is 16.8. The Bertz CT molecular complexity index is 326. The SMILES string of the molecule is CCCCCCCCCCCCCCCCCCN1C=CN(CC)C1C. The zero-order valence-electron chi connectivity index (χ0n) is 18.4. The Balaban J connectivity index is 1.74. The standard InChI is InChI=1S/C24H48N2/c1-4-6-7-8-9-10-11-12-13-14-15-16-17-18-19-20-21-26-23-22-25(5-2)24(26)3/h22-24H,4-21H2,1-3H3. The summed E-state index contributed by atoms with van der Waals surface area (Å²) in [5.74, 6) is 0. The van der Waals surface area contributed by atoms with Crippen LogP contribution in [0.2, 0.25) is 0 Å². The van der Waals surface area contributed by atoms with E-state index < -0.39 is 0 Å². The smallest absolute Gasteiger partial charge is 0.0977 e. The Kier molecular flexibility index (Phi) is 14.8. The van der Waals surface area contributed by atoms with E-state index in [1.54, 1.807) is 0 Å². The van der Waals surface area contributed by atoms with Crippen LogP contribution in [0.4, 0.5) is 0 Å². The van der Waals surface area contributed by atoms with Crippen LogP contribution in [0.5, 0.6) is 0 Å². The summed E-state index contributed by atoms with van der Waals surface area (Å²) >= 11 is 0. The van der Waals surface area contributed by atoms with E-state index >= 15 is 0 Å². The molecule has 0 saturated carbocycles. The highest BCUT2D eigenvalue weighted by molar-refractivity contribution is 4.94. The molecule has 0 aromatic heterocycles. The summed E-state index contributed by atoms with van der Waals surface area (Å²) in [5, 5.41) is 0. The molecule has 0 amide bonds. The van der Waals surface area contributed by atoms with Gasteiger partial charge in [-0.1, -0.05) is 103 Å². The third-order valence-corrected chi connectivity index (χ3v) is 6.04. The summed E-state index contributed by atoms with van der Waals surface area (Å²) in [7, 11) is 0. The molecule has 26 heavy (non-hydrogen) atoms. The van der Waals surface area contributed by atoms with Crippen LogP contribution in [0.1, 0.15) is 124 Å². The lowest BCUT2D eigenvalue weighted by molar-refractivity contribution is 0.173. The molecule has 0 aromatic rings. The van der Waals surface area contributed by atoms with Crippen LogP contribution in [-0.2, 0) is 0 Å². The summed E-state index contributed by atoms with van der Waals surface area (Å²) in [4.78, 5) is 4.90. The number of hydrogen-bond donors (Lipinski definition) is 0. The van der Waals surface area contributed by atoms with Gasteiger partial charge in [0, 0.05) is 25.5 Å². The molecular weight excluding hydrogens is 316 g/mol. The van der Waals surface area contributed by atoms with Gasteiger partial charge in [0.2, 0.25) is 0 Å². The van der Waals surface area contributed by atoms with Crippen LogP contribution < -0.4 is 0 Å². The van der Waals surface area contributed by atoms with Crippen molar-refractivity contribution in [3.05, 3.63) is 12.4 Å². The molecule has 154 valence electrons. The van der Waals surface area contributed by atoms with E-state index in [-0.39, 0.29) is 0 Å². The predicted octanol–water partition coefficient (Wildman–Crippen LogP) is 7.70. The van der Waals surface area contributed by atoms with Crippen LogP contribution >= 0.6 is 0 Å². The summed E-state index contributed by atoms with van der Waals surface area (Å²) in [5.41, 5.74) is 0. The molecule has 0 saturated heterocycles. The maximum atomic E-state index is 2.49. The van der Waals surface area contributed by atoms with Gasteiger partial charge in [0.15, 0.2) is 0 Å². The van der Waals surface area contributed by atoms with E-state index in [0.717, 1.165) is 6.54 Å². The Morgan fingerprint density at radius 3 is 1.31 bits per heavy atom. The zero-order chi connectivity index (χ0) is 18.9. The van der Waals surface area contributed by atoms with Crippen molar-refractivity contribution in [1.29, 1.82) is 0 Å². The second kappa shape index (κ2) is 16.5. The largest absolute Gasteiger partial charge is 0.357 e. The van der Waals surface area contributed by atoms with Crippen LogP contribution in [0, 0.1) is 0 Å². The number of unbranched alkanes of at least 4 members (excludes halogenated alkanes) is 15. The first kappa shape index (κ1) is 23.4. The van der Waals surface area contributed by atoms with Gasteiger partial charge in [-0.25, -0.2) is 0 Å². The number of hydrogen-bond acceptors (Lipinski definition) is 2. The molecule has 1 heterocycles. The highest BCUT2D eigenvalue weighted by Gasteiger charge is 2.19. The monoisotopic (exact) mass is 364 g/mol. The van der Waals surface area contributed by atoms with E-state index in [9.17, 15) is 0 Å². The van der Waals surface area contributed by atoms with Crippen molar-refractivity contribution in [2.45, 2.75) is 130 Å². The molecule has 1 rings (SSSR count). The molecule has 2 heteroatoms. The third kappa shape index (κ3) is 11.1. The molecule has 1 aliphatic heterocycles. The van der Waals surface area contributed by atoms with Crippen LogP contribution in [0.15, 0.2) is 12.4 Å². The molecule has 0 radical (unpaired) electrons. The highest BCUT2D eigenvalue weighted by Crippen LogP contribution is 2.17. The second-order valence-corrected chi connectivity index (χ2v) is 8.30. The molecule has 0 spiro atoms. The fourth-order valence-electron chi connectivity index (χ4n) is 4.08. The average Bonchev–Trinajstić information content (AvgIpc) is 3.01. The van der Waals surface area contributed by atoms with Crippen molar-refractivity contribution in [1.82, 2.24) is 9.80 Å². The predicted molar refractivity (Wildman–Crippen MR) is 117 cm³/mol. The summed E-state index contributed by atoms with van der Waals surface area (Å²) in [6, 6.07) is 0. The summed E-state index contributed by atoms with van der Waals surface area (Å²) in [6.07, 6.45) is 28.2. The van der Waals surface area contributed by atoms with Crippen molar-refractivity contribution in [2.75, 3.05) is 13.1 Å². The Morgan fingerprint density at radius 2 is 0.923 bits per heavy atom. The molecule has 1 unspecified atom stereocenters. The first-order valence-electron chi connectivity index (χ1n) is 12.0. The van der Waals surface area contributed by atoms with Crippen LogP contribution in [0.3, 0.4) is 0 Å². The first-order valence-corrected chi connectivity index (χ1v) is 12.0. The topological polar surface area (TPSA) is 6.48 Å². The molecule has 1 atom stereocenters. The first-order chi connectivity index (χ1) is 12.8. The van der Waals surface area contributed by atoms with Gasteiger partial charge in [0.05, 0.1) is 6.17 Å². The van der Waals surface area contributed by atoms with E-state index in [4.69, 9.17) is 0 Å². The molecule has 0 aromatic carbocycles. The van der Waals surface area contributed by atoms with Gasteiger partial charge < -0.3 is 9.80 Å². The van der Waals surface area contributed by atoms with Gasteiger partial charge in [-0.05, 0) is 20.3 Å². The van der Waals surface area contributed by atoms with Gasteiger partial charge in [-0.2, -0.15) is 0 Å². The maximum Gasteiger partial charge on any atom is 0.0977 e. The van der Waals surface area contributed by atoms with E-state index in [2.05, 4.69) is 43.0 Å². The minimum atomic E-state index is 0.566. The Labute approximate surface area is 165 Å². The van der Waals surface area contributed by atoms with E-state index in [1.807, 2.05) is 0 Å². The zero-order valence-corrected chi connectivity index (χ0v) is 18.4. The number of nitrogens with zero attached hydrogens (tertiary/aromatic N) is 2. The minimum absolute atomic E-state index is 0.566. The quantitative estimate of drug-likeness (QED) is 0.230. The third-order valence-electron chi connectivity index (χ3n) is 6.04. The fourth-order valence-corrected chi connectivity index (χ4v) is 4.08. The Morgan fingerprint density at radius 1 is 0.538 bits per heavy atom. The highest BCUT2D eigenvalue weighted by atomic mass is 15.4. The second-order valence-electron chi connectivity index (χ2n) is 8.30. The molecule has 1 aliphatic rings. The fraction of sp³-hybridized carbons (Fsp3) is 0.917. The van der Waals surface area contributed by atoms with Crippen molar-refractivity contribution in [3.8, 4) is 0 Å². The van der Waals surface area contributed by atoms with Gasteiger partial charge >= 0.3 is 0 Å². The molecule has 0 aliphatic carbocycles. The molecule has 0 bridgehead atoms. The van der Waals surface area contributed by atoms with Crippen molar-refractivity contribution < 1.29 is 0 Å². The molecular formula is C24H48N2.